The molecular formula is C18H12F4N2O2S. The number of hydrogen-bond donors (Lipinski definition) is 2. The summed E-state index contributed by atoms with van der Waals surface area (Å²) in [7, 11) is 0. The summed E-state index contributed by atoms with van der Waals surface area (Å²) < 4.78 is 51.6. The lowest BCUT2D eigenvalue weighted by Crippen LogP contribution is -2.05. The van der Waals surface area contributed by atoms with Crippen molar-refractivity contribution in [2.45, 2.75) is 12.6 Å². The van der Waals surface area contributed by atoms with E-state index >= 15 is 0 Å². The lowest BCUT2D eigenvalue weighted by Gasteiger charge is -2.08. The Balaban J connectivity index is 1.95. The summed E-state index contributed by atoms with van der Waals surface area (Å²) >= 11 is 1.02. The van der Waals surface area contributed by atoms with Crippen molar-refractivity contribution in [3.63, 3.8) is 0 Å². The molecule has 0 aliphatic heterocycles. The first-order valence-electron chi connectivity index (χ1n) is 7.64. The zero-order valence-electron chi connectivity index (χ0n) is 13.5. The Morgan fingerprint density at radius 2 is 1.85 bits per heavy atom. The molecule has 140 valence electrons. The van der Waals surface area contributed by atoms with Crippen molar-refractivity contribution in [3.8, 4) is 11.3 Å². The molecule has 3 aromatic rings. The van der Waals surface area contributed by atoms with Gasteiger partial charge >= 0.3 is 12.1 Å². The molecule has 0 saturated carbocycles. The number of aliphatic carboxylic acids is 1. The number of nitrogens with zero attached hydrogens (tertiary/aromatic N) is 1. The summed E-state index contributed by atoms with van der Waals surface area (Å²) in [5, 5.41) is 12.1. The van der Waals surface area contributed by atoms with Crippen molar-refractivity contribution in [3.05, 3.63) is 64.8 Å². The quantitative estimate of drug-likeness (QED) is 0.572. The maximum atomic E-state index is 13.1. The molecule has 9 heteroatoms. The van der Waals surface area contributed by atoms with E-state index in [1.807, 2.05) is 0 Å². The van der Waals surface area contributed by atoms with Crippen LogP contribution < -0.4 is 5.32 Å². The molecule has 0 spiro atoms. The predicted octanol–water partition coefficient (Wildman–Crippen LogP) is 5.34. The van der Waals surface area contributed by atoms with Crippen molar-refractivity contribution < 1.29 is 27.5 Å². The Morgan fingerprint density at radius 1 is 1.15 bits per heavy atom. The Bertz CT molecular complexity index is 968. The van der Waals surface area contributed by atoms with E-state index in [-0.39, 0.29) is 17.2 Å². The number of nitrogens with one attached hydrogen (secondary N) is 1. The minimum atomic E-state index is -4.48. The highest BCUT2D eigenvalue weighted by molar-refractivity contribution is 7.16. The second kappa shape index (κ2) is 7.36. The molecule has 4 nitrogen and oxygen atoms in total. The molecule has 27 heavy (non-hydrogen) atoms. The predicted molar refractivity (Wildman–Crippen MR) is 93.6 cm³/mol. The highest BCUT2D eigenvalue weighted by Crippen LogP contribution is 2.35. The van der Waals surface area contributed by atoms with Crippen LogP contribution in [0.5, 0.6) is 0 Å². The van der Waals surface area contributed by atoms with Gasteiger partial charge in [0.15, 0.2) is 5.13 Å². The summed E-state index contributed by atoms with van der Waals surface area (Å²) in [6, 6.07) is 9.97. The molecule has 0 bridgehead atoms. The Kier molecular flexibility index (Phi) is 5.13. The van der Waals surface area contributed by atoms with Gasteiger partial charge in [-0.1, -0.05) is 6.07 Å². The van der Waals surface area contributed by atoms with Crippen LogP contribution in [0.4, 0.5) is 28.4 Å². The number of benzene rings is 2. The van der Waals surface area contributed by atoms with E-state index in [0.717, 1.165) is 23.5 Å². The van der Waals surface area contributed by atoms with Crippen LogP contribution in [0.25, 0.3) is 11.3 Å². The first kappa shape index (κ1) is 18.8. The minimum absolute atomic E-state index is 0.172. The fourth-order valence-corrected chi connectivity index (χ4v) is 3.39. The molecule has 0 fully saturated rings. The van der Waals surface area contributed by atoms with Crippen LogP contribution in [-0.4, -0.2) is 16.1 Å². The second-order valence-corrected chi connectivity index (χ2v) is 6.66. The zero-order valence-corrected chi connectivity index (χ0v) is 14.4. The smallest absolute Gasteiger partial charge is 0.416 e. The van der Waals surface area contributed by atoms with Gasteiger partial charge in [0.25, 0.3) is 0 Å². The number of hydrogen-bond acceptors (Lipinski definition) is 4. The molecule has 0 atom stereocenters. The van der Waals surface area contributed by atoms with Gasteiger partial charge in [-0.25, -0.2) is 9.37 Å². The standard InChI is InChI=1S/C18H12F4N2O2S/c19-12-6-4-10(5-7-12)16-14(9-15(25)26)27-17(24-16)23-13-3-1-2-11(8-13)18(20,21)22/h1-8H,9H2,(H,23,24)(H,25,26). The SMILES string of the molecule is O=C(O)Cc1sc(Nc2cccc(C(F)(F)F)c2)nc1-c1ccc(F)cc1. The van der Waals surface area contributed by atoms with Gasteiger partial charge in [0, 0.05) is 16.1 Å². The summed E-state index contributed by atoms with van der Waals surface area (Å²) in [6.07, 6.45) is -4.79. The summed E-state index contributed by atoms with van der Waals surface area (Å²) in [5.41, 5.74) is 0.220. The fraction of sp³-hybridized carbons (Fsp3) is 0.111. The number of alkyl halides is 3. The average Bonchev–Trinajstić information content (AvgIpc) is 2.96. The van der Waals surface area contributed by atoms with Gasteiger partial charge in [0.05, 0.1) is 17.7 Å². The number of thiazole rings is 1. The van der Waals surface area contributed by atoms with Crippen LogP contribution in [0.2, 0.25) is 0 Å². The van der Waals surface area contributed by atoms with E-state index < -0.39 is 23.5 Å². The minimum Gasteiger partial charge on any atom is -0.481 e. The van der Waals surface area contributed by atoms with E-state index in [1.165, 1.54) is 36.4 Å². The van der Waals surface area contributed by atoms with Gasteiger partial charge in [0.2, 0.25) is 0 Å². The van der Waals surface area contributed by atoms with Crippen LogP contribution in [0, 0.1) is 5.82 Å². The molecule has 0 radical (unpaired) electrons. The van der Waals surface area contributed by atoms with Gasteiger partial charge < -0.3 is 10.4 Å². The largest absolute Gasteiger partial charge is 0.481 e. The number of halogens is 4. The molecule has 1 aromatic heterocycles. The van der Waals surface area contributed by atoms with Crippen LogP contribution in [0.1, 0.15) is 10.4 Å². The topological polar surface area (TPSA) is 62.2 Å². The summed E-state index contributed by atoms with van der Waals surface area (Å²) in [4.78, 5) is 15.8. The Hall–Kier alpha value is -2.94. The van der Waals surface area contributed by atoms with Gasteiger partial charge in [-0.05, 0) is 42.5 Å². The number of aromatic nitrogens is 1. The van der Waals surface area contributed by atoms with Gasteiger partial charge in [-0.2, -0.15) is 13.2 Å². The van der Waals surface area contributed by atoms with Crippen LogP contribution >= 0.6 is 11.3 Å². The van der Waals surface area contributed by atoms with E-state index in [4.69, 9.17) is 5.11 Å². The third kappa shape index (κ3) is 4.62. The maximum absolute atomic E-state index is 13.1. The zero-order chi connectivity index (χ0) is 19.6. The summed E-state index contributed by atoms with van der Waals surface area (Å²) in [5.74, 6) is -1.52. The van der Waals surface area contributed by atoms with Crippen LogP contribution in [-0.2, 0) is 17.4 Å². The molecule has 0 aliphatic rings. The van der Waals surface area contributed by atoms with Gasteiger partial charge in [0.1, 0.15) is 5.82 Å². The Morgan fingerprint density at radius 3 is 2.48 bits per heavy atom. The number of carbonyl (C=O) groups is 1. The van der Waals surface area contributed by atoms with Gasteiger partial charge in [-0.15, -0.1) is 11.3 Å². The fourth-order valence-electron chi connectivity index (χ4n) is 2.39. The lowest BCUT2D eigenvalue weighted by molar-refractivity contribution is -0.138. The second-order valence-electron chi connectivity index (χ2n) is 5.57. The van der Waals surface area contributed by atoms with Gasteiger partial charge in [-0.3, -0.25) is 4.79 Å². The number of anilines is 2. The number of rotatable bonds is 5. The highest BCUT2D eigenvalue weighted by Gasteiger charge is 2.30. The lowest BCUT2D eigenvalue weighted by atomic mass is 10.1. The van der Waals surface area contributed by atoms with Crippen LogP contribution in [0.3, 0.4) is 0 Å². The first-order chi connectivity index (χ1) is 12.7. The van der Waals surface area contributed by atoms with Crippen molar-refractivity contribution >= 4 is 28.1 Å². The molecule has 0 amide bonds. The molecule has 2 N–H and O–H groups in total. The molecular weight excluding hydrogens is 384 g/mol. The van der Waals surface area contributed by atoms with E-state index in [1.54, 1.807) is 0 Å². The van der Waals surface area contributed by atoms with Crippen LogP contribution in [0.15, 0.2) is 48.5 Å². The monoisotopic (exact) mass is 396 g/mol. The molecule has 1 heterocycles. The maximum Gasteiger partial charge on any atom is 0.416 e. The first-order valence-corrected chi connectivity index (χ1v) is 8.46. The molecule has 0 unspecified atom stereocenters. The van der Waals surface area contributed by atoms with Crippen molar-refractivity contribution in [1.29, 1.82) is 0 Å². The summed E-state index contributed by atoms with van der Waals surface area (Å²) in [6.45, 7) is 0. The van der Waals surface area contributed by atoms with E-state index in [0.29, 0.717) is 16.1 Å². The molecule has 3 rings (SSSR count). The average molecular weight is 396 g/mol. The molecule has 0 aliphatic carbocycles. The third-order valence-electron chi connectivity index (χ3n) is 3.57. The van der Waals surface area contributed by atoms with Crippen molar-refractivity contribution in [2.24, 2.45) is 0 Å². The third-order valence-corrected chi connectivity index (χ3v) is 4.54. The van der Waals surface area contributed by atoms with Crippen molar-refractivity contribution in [1.82, 2.24) is 4.98 Å². The molecule has 0 saturated heterocycles. The highest BCUT2D eigenvalue weighted by atomic mass is 32.1. The van der Waals surface area contributed by atoms with E-state index in [9.17, 15) is 22.4 Å². The van der Waals surface area contributed by atoms with E-state index in [2.05, 4.69) is 10.3 Å². The normalized spacial score (nSPS) is 11.4. The number of carboxylic acids is 1. The van der Waals surface area contributed by atoms with Crippen molar-refractivity contribution in [2.75, 3.05) is 5.32 Å². The number of carboxylic acid groups (broad SMARTS) is 1. The molecule has 2 aromatic carbocycles. The Labute approximate surface area is 155 Å².